The van der Waals surface area contributed by atoms with Crippen LogP contribution in [0, 0.1) is 20.8 Å². The Bertz CT molecular complexity index is 838. The summed E-state index contributed by atoms with van der Waals surface area (Å²) in [5.74, 6) is -0.167. The van der Waals surface area contributed by atoms with Crippen LogP contribution < -0.4 is 4.72 Å². The fourth-order valence-electron chi connectivity index (χ4n) is 2.26. The molecule has 0 atom stereocenters. The number of ketones is 1. The largest absolute Gasteiger partial charge is 0.295 e. The van der Waals surface area contributed by atoms with Gasteiger partial charge in [-0.25, -0.2) is 13.1 Å². The predicted octanol–water partition coefficient (Wildman–Crippen LogP) is 1.99. The predicted molar refractivity (Wildman–Crippen MR) is 88.1 cm³/mol. The van der Waals surface area contributed by atoms with E-state index in [1.165, 1.54) is 19.1 Å². The van der Waals surface area contributed by atoms with E-state index in [2.05, 4.69) is 9.82 Å². The maximum atomic E-state index is 12.3. The molecule has 0 fully saturated rings. The highest BCUT2D eigenvalue weighted by atomic mass is 32.2. The normalized spacial score (nSPS) is 11.7. The van der Waals surface area contributed by atoms with Gasteiger partial charge in [0, 0.05) is 17.8 Å². The number of nitrogens with zero attached hydrogens (tertiary/aromatic N) is 2. The van der Waals surface area contributed by atoms with Gasteiger partial charge in [-0.15, -0.1) is 0 Å². The second-order valence-electron chi connectivity index (χ2n) is 5.50. The molecule has 0 bridgehead atoms. The standard InChI is InChI=1S/C16H21N3O3S/c1-11-12(2)18-19(13(11)3)9-8-17-23(21,22)16-7-5-6-15(10-16)14(4)20/h5-7,10,17H,8-9H2,1-4H3. The van der Waals surface area contributed by atoms with Crippen LogP contribution in [0.25, 0.3) is 0 Å². The van der Waals surface area contributed by atoms with Gasteiger partial charge in [0.1, 0.15) is 0 Å². The zero-order valence-electron chi connectivity index (χ0n) is 13.8. The van der Waals surface area contributed by atoms with Crippen LogP contribution >= 0.6 is 0 Å². The Morgan fingerprint density at radius 3 is 2.52 bits per heavy atom. The van der Waals surface area contributed by atoms with E-state index in [-0.39, 0.29) is 17.2 Å². The zero-order valence-corrected chi connectivity index (χ0v) is 14.6. The summed E-state index contributed by atoms with van der Waals surface area (Å²) in [6, 6.07) is 6.02. The Balaban J connectivity index is 2.08. The van der Waals surface area contributed by atoms with Crippen LogP contribution in [0.2, 0.25) is 0 Å². The van der Waals surface area contributed by atoms with Crippen molar-refractivity contribution in [2.75, 3.05) is 6.54 Å². The van der Waals surface area contributed by atoms with Crippen LogP contribution in [0.4, 0.5) is 0 Å². The van der Waals surface area contributed by atoms with Crippen LogP contribution in [0.5, 0.6) is 0 Å². The van der Waals surface area contributed by atoms with Crippen molar-refractivity contribution in [1.29, 1.82) is 0 Å². The third-order valence-electron chi connectivity index (χ3n) is 3.91. The molecular weight excluding hydrogens is 314 g/mol. The summed E-state index contributed by atoms with van der Waals surface area (Å²) in [5.41, 5.74) is 3.46. The van der Waals surface area contributed by atoms with Gasteiger partial charge < -0.3 is 0 Å². The Morgan fingerprint density at radius 1 is 1.26 bits per heavy atom. The molecule has 0 aliphatic rings. The fourth-order valence-corrected chi connectivity index (χ4v) is 3.32. The van der Waals surface area contributed by atoms with E-state index in [0.29, 0.717) is 12.1 Å². The Hall–Kier alpha value is -1.99. The van der Waals surface area contributed by atoms with E-state index in [9.17, 15) is 13.2 Å². The van der Waals surface area contributed by atoms with E-state index in [1.54, 1.807) is 16.8 Å². The van der Waals surface area contributed by atoms with Crippen molar-refractivity contribution >= 4 is 15.8 Å². The number of nitrogens with one attached hydrogen (secondary N) is 1. The molecule has 0 spiro atoms. The molecule has 2 aromatic rings. The quantitative estimate of drug-likeness (QED) is 0.819. The summed E-state index contributed by atoms with van der Waals surface area (Å²) in [7, 11) is -3.65. The molecule has 0 amide bonds. The zero-order chi connectivity index (χ0) is 17.2. The van der Waals surface area contributed by atoms with Gasteiger partial charge in [0.2, 0.25) is 10.0 Å². The lowest BCUT2D eigenvalue weighted by atomic mass is 10.2. The monoisotopic (exact) mass is 335 g/mol. The van der Waals surface area contributed by atoms with E-state index in [4.69, 9.17) is 0 Å². The summed E-state index contributed by atoms with van der Waals surface area (Å²) in [5, 5.41) is 4.38. The SMILES string of the molecule is CC(=O)c1cccc(S(=O)(=O)NCCn2nc(C)c(C)c2C)c1. The molecule has 7 heteroatoms. The number of aromatic nitrogens is 2. The first-order valence-electron chi connectivity index (χ1n) is 7.33. The second-order valence-corrected chi connectivity index (χ2v) is 7.27. The average Bonchev–Trinajstić information content (AvgIpc) is 2.74. The number of hydrogen-bond donors (Lipinski definition) is 1. The van der Waals surface area contributed by atoms with Gasteiger partial charge in [0.25, 0.3) is 0 Å². The molecule has 0 aliphatic heterocycles. The van der Waals surface area contributed by atoms with E-state index >= 15 is 0 Å². The molecule has 0 radical (unpaired) electrons. The number of sulfonamides is 1. The van der Waals surface area contributed by atoms with Gasteiger partial charge in [0.05, 0.1) is 17.1 Å². The van der Waals surface area contributed by atoms with Crippen LogP contribution in [-0.2, 0) is 16.6 Å². The molecule has 1 N–H and O–H groups in total. The van der Waals surface area contributed by atoms with Crippen molar-refractivity contribution in [2.24, 2.45) is 0 Å². The molecule has 0 aliphatic carbocycles. The minimum absolute atomic E-state index is 0.0924. The molecule has 0 saturated carbocycles. The molecular formula is C16H21N3O3S. The van der Waals surface area contributed by atoms with E-state index in [0.717, 1.165) is 17.0 Å². The minimum Gasteiger partial charge on any atom is -0.295 e. The highest BCUT2D eigenvalue weighted by Crippen LogP contribution is 2.13. The van der Waals surface area contributed by atoms with E-state index in [1.807, 2.05) is 20.8 Å². The third kappa shape index (κ3) is 3.86. The van der Waals surface area contributed by atoms with E-state index < -0.39 is 10.0 Å². The highest BCUT2D eigenvalue weighted by molar-refractivity contribution is 7.89. The lowest BCUT2D eigenvalue weighted by Crippen LogP contribution is -2.28. The van der Waals surface area contributed by atoms with Crippen molar-refractivity contribution in [3.63, 3.8) is 0 Å². The number of rotatable bonds is 6. The first-order chi connectivity index (χ1) is 10.7. The van der Waals surface area contributed by atoms with Crippen LogP contribution in [0.1, 0.15) is 34.2 Å². The molecule has 6 nitrogen and oxygen atoms in total. The fraction of sp³-hybridized carbons (Fsp3) is 0.375. The summed E-state index contributed by atoms with van der Waals surface area (Å²) in [4.78, 5) is 11.5. The van der Waals surface area contributed by atoms with Crippen LogP contribution in [0.3, 0.4) is 0 Å². The lowest BCUT2D eigenvalue weighted by Gasteiger charge is -2.09. The van der Waals surface area contributed by atoms with Crippen molar-refractivity contribution in [3.8, 4) is 0 Å². The Labute approximate surface area is 136 Å². The highest BCUT2D eigenvalue weighted by Gasteiger charge is 2.15. The average molecular weight is 335 g/mol. The summed E-state index contributed by atoms with van der Waals surface area (Å²) >= 11 is 0. The topological polar surface area (TPSA) is 81.1 Å². The lowest BCUT2D eigenvalue weighted by molar-refractivity contribution is 0.101. The summed E-state index contributed by atoms with van der Waals surface area (Å²) < 4.78 is 28.9. The van der Waals surface area contributed by atoms with Crippen LogP contribution in [0.15, 0.2) is 29.2 Å². The first-order valence-corrected chi connectivity index (χ1v) is 8.82. The van der Waals surface area contributed by atoms with Crippen molar-refractivity contribution in [3.05, 3.63) is 46.8 Å². The van der Waals surface area contributed by atoms with Gasteiger partial charge in [-0.05, 0) is 45.4 Å². The van der Waals surface area contributed by atoms with Gasteiger partial charge in [-0.1, -0.05) is 12.1 Å². The number of hydrogen-bond acceptors (Lipinski definition) is 4. The van der Waals surface area contributed by atoms with Gasteiger partial charge >= 0.3 is 0 Å². The van der Waals surface area contributed by atoms with Crippen molar-refractivity contribution < 1.29 is 13.2 Å². The number of aryl methyl sites for hydroxylation is 1. The number of carbonyl (C=O) groups is 1. The second kappa shape index (κ2) is 6.64. The minimum atomic E-state index is -3.65. The van der Waals surface area contributed by atoms with Crippen LogP contribution in [-0.4, -0.2) is 30.5 Å². The number of benzene rings is 1. The third-order valence-corrected chi connectivity index (χ3v) is 5.37. The number of carbonyl (C=O) groups excluding carboxylic acids is 1. The first kappa shape index (κ1) is 17.4. The Morgan fingerprint density at radius 2 is 1.96 bits per heavy atom. The molecule has 0 unspecified atom stereocenters. The summed E-state index contributed by atoms with van der Waals surface area (Å²) in [6.45, 7) is 7.96. The molecule has 0 saturated heterocycles. The van der Waals surface area contributed by atoms with Crippen molar-refractivity contribution in [2.45, 2.75) is 39.1 Å². The summed E-state index contributed by atoms with van der Waals surface area (Å²) in [6.07, 6.45) is 0. The van der Waals surface area contributed by atoms with Gasteiger partial charge in [0.15, 0.2) is 5.78 Å². The molecule has 124 valence electrons. The number of Topliss-reactive ketones (excluding diaryl/α,β-unsaturated/α-hetero) is 1. The Kier molecular flexibility index (Phi) is 5.01. The maximum absolute atomic E-state index is 12.3. The van der Waals surface area contributed by atoms with Crippen molar-refractivity contribution in [1.82, 2.24) is 14.5 Å². The molecule has 1 aromatic carbocycles. The smallest absolute Gasteiger partial charge is 0.240 e. The molecule has 2 rings (SSSR count). The maximum Gasteiger partial charge on any atom is 0.240 e. The molecule has 23 heavy (non-hydrogen) atoms. The molecule has 1 heterocycles. The molecule has 1 aromatic heterocycles. The van der Waals surface area contributed by atoms with Gasteiger partial charge in [-0.3, -0.25) is 9.48 Å². The van der Waals surface area contributed by atoms with Gasteiger partial charge in [-0.2, -0.15) is 5.10 Å².